The van der Waals surface area contributed by atoms with Gasteiger partial charge in [-0.3, -0.25) is 10.1 Å². The van der Waals surface area contributed by atoms with Crippen molar-refractivity contribution in [3.63, 3.8) is 0 Å². The number of aliphatic hydroxyl groups is 1. The Kier molecular flexibility index (Phi) is 5.95. The van der Waals surface area contributed by atoms with Crippen LogP contribution in [0.5, 0.6) is 0 Å². The van der Waals surface area contributed by atoms with Crippen LogP contribution in [0.1, 0.15) is 17.7 Å². The minimum absolute atomic E-state index is 0.196. The summed E-state index contributed by atoms with van der Waals surface area (Å²) in [5, 5.41) is 33.6. The Hall–Kier alpha value is -1.19. The summed E-state index contributed by atoms with van der Waals surface area (Å²) in [6.45, 7) is 0. The molecule has 2 rings (SSSR count). The Bertz CT molecular complexity index is 481. The van der Waals surface area contributed by atoms with Gasteiger partial charge in [0.2, 0.25) is 0 Å². The second-order valence-corrected chi connectivity index (χ2v) is 5.93. The molecule has 3 atom stereocenters. The number of carboxylic acid groups (broad SMARTS) is 1. The van der Waals surface area contributed by atoms with Crippen LogP contribution in [0.4, 0.5) is 0 Å². The van der Waals surface area contributed by atoms with Gasteiger partial charge in [-0.25, -0.2) is 0 Å². The molecule has 0 aromatic carbocycles. The fourth-order valence-electron chi connectivity index (χ4n) is 2.18. The maximum absolute atomic E-state index is 10.7. The minimum atomic E-state index is -1.16. The largest absolute Gasteiger partial charge is 0.481 e. The fourth-order valence-corrected chi connectivity index (χ4v) is 2.92. The van der Waals surface area contributed by atoms with Crippen LogP contribution in [-0.4, -0.2) is 46.6 Å². The predicted molar refractivity (Wildman–Crippen MR) is 79.8 cm³/mol. The van der Waals surface area contributed by atoms with E-state index >= 15 is 0 Å². The molecule has 2 heterocycles. The number of carboxylic acids is 1. The minimum Gasteiger partial charge on any atom is -0.481 e. The third kappa shape index (κ3) is 5.26. The average Bonchev–Trinajstić information content (AvgIpc) is 2.83. The number of nitrogens with one attached hydrogen (secondary N) is 1. The van der Waals surface area contributed by atoms with E-state index in [-0.39, 0.29) is 6.42 Å². The summed E-state index contributed by atoms with van der Waals surface area (Å²) in [4.78, 5) is 11.7. The van der Waals surface area contributed by atoms with Crippen LogP contribution < -0.4 is 5.32 Å². The lowest BCUT2D eigenvalue weighted by Gasteiger charge is -2.23. The van der Waals surface area contributed by atoms with E-state index in [1.54, 1.807) is 23.5 Å². The topological polar surface area (TPSA) is 99.0 Å². The van der Waals surface area contributed by atoms with Gasteiger partial charge < -0.3 is 19.9 Å². The van der Waals surface area contributed by atoms with Crippen LogP contribution in [0.25, 0.3) is 0 Å². The maximum Gasteiger partial charge on any atom is 0.473 e. The van der Waals surface area contributed by atoms with E-state index in [1.807, 2.05) is 17.5 Å². The fraction of sp³-hybridized carbons (Fsp3) is 0.462. The van der Waals surface area contributed by atoms with E-state index in [1.165, 1.54) is 0 Å². The highest BCUT2D eigenvalue weighted by atomic mass is 32.1. The summed E-state index contributed by atoms with van der Waals surface area (Å²) in [7, 11) is -1.16. The molecule has 1 aliphatic heterocycles. The molecule has 0 bridgehead atoms. The van der Waals surface area contributed by atoms with E-state index in [4.69, 9.17) is 9.76 Å². The number of rotatable bonds is 6. The van der Waals surface area contributed by atoms with Crippen LogP contribution in [0.3, 0.4) is 0 Å². The molecule has 1 aromatic rings. The van der Waals surface area contributed by atoms with E-state index in [9.17, 15) is 14.9 Å². The van der Waals surface area contributed by atoms with Crippen LogP contribution in [-0.2, 0) is 15.9 Å². The molecule has 1 aliphatic rings. The number of thiophene rings is 1. The molecule has 4 N–H and O–H groups in total. The van der Waals surface area contributed by atoms with Gasteiger partial charge in [-0.15, -0.1) is 11.3 Å². The van der Waals surface area contributed by atoms with Crippen molar-refractivity contribution < 1.29 is 24.7 Å². The lowest BCUT2D eigenvalue weighted by Crippen LogP contribution is -2.50. The molecule has 0 aliphatic carbocycles. The molecular weight excluding hydrogens is 293 g/mol. The second kappa shape index (κ2) is 7.72. The summed E-state index contributed by atoms with van der Waals surface area (Å²) in [6.07, 6.45) is 2.65. The number of hydrogen-bond acceptors (Lipinski definition) is 6. The summed E-state index contributed by atoms with van der Waals surface area (Å²) in [5.41, 5.74) is 0. The third-order valence-corrected chi connectivity index (χ3v) is 4.05. The monoisotopic (exact) mass is 311 g/mol. The molecule has 114 valence electrons. The van der Waals surface area contributed by atoms with Crippen molar-refractivity contribution in [2.24, 2.45) is 0 Å². The van der Waals surface area contributed by atoms with Gasteiger partial charge in [0.05, 0.1) is 12.5 Å². The molecule has 1 aromatic heterocycles. The van der Waals surface area contributed by atoms with E-state index < -0.39 is 31.4 Å². The molecule has 0 saturated carbocycles. The van der Waals surface area contributed by atoms with Crippen LogP contribution in [0.2, 0.25) is 0 Å². The molecule has 0 spiro atoms. The Morgan fingerprint density at radius 3 is 3.10 bits per heavy atom. The van der Waals surface area contributed by atoms with Gasteiger partial charge in [-0.1, -0.05) is 18.2 Å². The highest BCUT2D eigenvalue weighted by molar-refractivity contribution is 7.09. The van der Waals surface area contributed by atoms with Gasteiger partial charge in [0.1, 0.15) is 6.23 Å². The molecule has 0 radical (unpaired) electrons. The lowest BCUT2D eigenvalue weighted by atomic mass is 9.77. The summed E-state index contributed by atoms with van der Waals surface area (Å²) in [6, 6.07) is 3.84. The molecule has 1 unspecified atom stereocenters. The highest BCUT2D eigenvalue weighted by Crippen LogP contribution is 2.14. The highest BCUT2D eigenvalue weighted by Gasteiger charge is 2.32. The first kappa shape index (κ1) is 16.2. The molecule has 0 amide bonds. The Balaban J connectivity index is 1.86. The Morgan fingerprint density at radius 2 is 2.43 bits per heavy atom. The average molecular weight is 311 g/mol. The van der Waals surface area contributed by atoms with E-state index in [2.05, 4.69) is 5.32 Å². The Labute approximate surface area is 127 Å². The summed E-state index contributed by atoms with van der Waals surface area (Å²) in [5.74, 6) is -1.46. The van der Waals surface area contributed by atoms with Crippen molar-refractivity contribution in [2.45, 2.75) is 37.5 Å². The van der Waals surface area contributed by atoms with Crippen molar-refractivity contribution in [1.82, 2.24) is 5.32 Å². The summed E-state index contributed by atoms with van der Waals surface area (Å²) >= 11 is 1.55. The number of aliphatic hydroxyl groups excluding tert-OH is 1. The zero-order valence-electron chi connectivity index (χ0n) is 11.4. The normalized spacial score (nSPS) is 23.8. The van der Waals surface area contributed by atoms with Crippen molar-refractivity contribution in [3.8, 4) is 0 Å². The van der Waals surface area contributed by atoms with Gasteiger partial charge >= 0.3 is 13.1 Å². The first-order valence-electron chi connectivity index (χ1n) is 6.73. The lowest BCUT2D eigenvalue weighted by molar-refractivity contribution is -0.138. The quantitative estimate of drug-likeness (QED) is 0.345. The zero-order valence-corrected chi connectivity index (χ0v) is 12.2. The molecular formula is C13H18BNO5S. The molecule has 0 saturated heterocycles. The second-order valence-electron chi connectivity index (χ2n) is 4.90. The standard InChI is InChI=1S/C13H18BNO5S/c16-12(8-10-4-2-6-21-10)15-11-5-1-3-9(7-13(17)18)20-14(11)19/h1-4,6,9,11-12,15-16,19H,5,7-8H2,(H,17,18)/t9-,11-,12?/m0/s1. The van der Waals surface area contributed by atoms with Gasteiger partial charge in [0, 0.05) is 17.2 Å². The molecule has 0 fully saturated rings. The predicted octanol–water partition coefficient (Wildman–Crippen LogP) is 0.407. The molecule has 21 heavy (non-hydrogen) atoms. The first-order chi connectivity index (χ1) is 10.0. The number of carbonyl (C=O) groups is 1. The number of aliphatic carboxylic acids is 1. The van der Waals surface area contributed by atoms with Crippen molar-refractivity contribution in [1.29, 1.82) is 0 Å². The smallest absolute Gasteiger partial charge is 0.473 e. The molecule has 6 nitrogen and oxygen atoms in total. The zero-order chi connectivity index (χ0) is 15.2. The van der Waals surface area contributed by atoms with Crippen LogP contribution >= 0.6 is 11.3 Å². The van der Waals surface area contributed by atoms with Gasteiger partial charge in [0.15, 0.2) is 0 Å². The maximum atomic E-state index is 10.7. The van der Waals surface area contributed by atoms with Crippen molar-refractivity contribution in [2.75, 3.05) is 0 Å². The van der Waals surface area contributed by atoms with Crippen LogP contribution in [0.15, 0.2) is 29.7 Å². The van der Waals surface area contributed by atoms with Crippen molar-refractivity contribution >= 4 is 24.4 Å². The summed E-state index contributed by atoms with van der Waals surface area (Å²) < 4.78 is 5.29. The Morgan fingerprint density at radius 1 is 1.62 bits per heavy atom. The van der Waals surface area contributed by atoms with Crippen LogP contribution in [0, 0.1) is 0 Å². The number of hydrogen-bond donors (Lipinski definition) is 4. The van der Waals surface area contributed by atoms with E-state index in [0.717, 1.165) is 4.88 Å². The van der Waals surface area contributed by atoms with Gasteiger partial charge in [0.25, 0.3) is 0 Å². The third-order valence-electron chi connectivity index (χ3n) is 3.16. The van der Waals surface area contributed by atoms with E-state index in [0.29, 0.717) is 12.8 Å². The van der Waals surface area contributed by atoms with Gasteiger partial charge in [-0.05, 0) is 17.9 Å². The van der Waals surface area contributed by atoms with Crippen molar-refractivity contribution in [3.05, 3.63) is 34.5 Å². The first-order valence-corrected chi connectivity index (χ1v) is 7.61. The van der Waals surface area contributed by atoms with Gasteiger partial charge in [-0.2, -0.15) is 0 Å². The molecule has 8 heteroatoms. The SMILES string of the molecule is O=C(O)C[C@@H]1C=CC[C@H](NC(O)Cc2cccs2)B(O)O1.